The molecule has 169 valence electrons. The van der Waals surface area contributed by atoms with Gasteiger partial charge in [-0.25, -0.2) is 0 Å². The van der Waals surface area contributed by atoms with E-state index in [0.29, 0.717) is 12.8 Å². The maximum atomic E-state index is 13.1. The number of anilines is 1. The Labute approximate surface area is 189 Å². The van der Waals surface area contributed by atoms with Gasteiger partial charge in [0, 0.05) is 11.3 Å². The molecule has 0 saturated heterocycles. The molecule has 2 aromatic carbocycles. The van der Waals surface area contributed by atoms with Crippen LogP contribution in [0, 0.1) is 6.92 Å². The highest BCUT2D eigenvalue weighted by atomic mass is 16.5. The topological polar surface area (TPSA) is 38.3 Å². The standard InChI is InChI=1S/C28H40NO2/c1-9-20-15-13-14-16-23(20)29-26(30)24(10-2)31-25-18-17-21(27(5,6)11-3)19-22(25)28(7,8)12-4/h13-19,24H,1,9-12H2,2-8H3,(H,29,30). The number of amides is 1. The number of nitrogens with one attached hydrogen (secondary N) is 1. The van der Waals surface area contributed by atoms with Crippen molar-refractivity contribution < 1.29 is 9.53 Å². The maximum absolute atomic E-state index is 13.1. The summed E-state index contributed by atoms with van der Waals surface area (Å²) in [4.78, 5) is 13.1. The first-order chi connectivity index (χ1) is 14.6. The van der Waals surface area contributed by atoms with E-state index in [0.717, 1.165) is 29.8 Å². The summed E-state index contributed by atoms with van der Waals surface area (Å²) in [5, 5.41) is 3.05. The third-order valence-electron chi connectivity index (χ3n) is 6.73. The number of hydrogen-bond acceptors (Lipinski definition) is 2. The van der Waals surface area contributed by atoms with Gasteiger partial charge < -0.3 is 10.1 Å². The number of carbonyl (C=O) groups excluding carboxylic acids is 1. The molecule has 1 amide bonds. The molecule has 31 heavy (non-hydrogen) atoms. The minimum absolute atomic E-state index is 0.0512. The zero-order valence-corrected chi connectivity index (χ0v) is 20.5. The van der Waals surface area contributed by atoms with E-state index in [-0.39, 0.29) is 16.7 Å². The molecule has 2 aromatic rings. The average molecular weight is 423 g/mol. The van der Waals surface area contributed by atoms with E-state index in [4.69, 9.17) is 4.74 Å². The number of para-hydroxylation sites is 1. The number of hydrogen-bond donors (Lipinski definition) is 1. The third-order valence-corrected chi connectivity index (χ3v) is 6.73. The Morgan fingerprint density at radius 1 is 1.00 bits per heavy atom. The molecule has 3 heteroatoms. The molecule has 0 spiro atoms. The van der Waals surface area contributed by atoms with Gasteiger partial charge in [0.15, 0.2) is 6.10 Å². The summed E-state index contributed by atoms with van der Waals surface area (Å²) in [6.07, 6.45) is 2.70. The van der Waals surface area contributed by atoms with Gasteiger partial charge in [-0.15, -0.1) is 0 Å². The third kappa shape index (κ3) is 5.90. The Balaban J connectivity index is 2.36. The fraction of sp³-hybridized carbons (Fsp3) is 0.500. The van der Waals surface area contributed by atoms with Crippen LogP contribution in [0.4, 0.5) is 5.69 Å². The SMILES string of the molecule is [CH2]Cc1ccccc1NC(=O)C(CC)Oc1ccc(C(C)(C)CC)cc1C(C)(C)CC. The molecule has 1 radical (unpaired) electrons. The van der Waals surface area contributed by atoms with Gasteiger partial charge in [-0.2, -0.15) is 0 Å². The molecule has 3 nitrogen and oxygen atoms in total. The van der Waals surface area contributed by atoms with Crippen molar-refractivity contribution >= 4 is 11.6 Å². The lowest BCUT2D eigenvalue weighted by Crippen LogP contribution is -2.33. The Morgan fingerprint density at radius 2 is 1.65 bits per heavy atom. The summed E-state index contributed by atoms with van der Waals surface area (Å²) >= 11 is 0. The molecule has 1 N–H and O–H groups in total. The van der Waals surface area contributed by atoms with Crippen LogP contribution in [0.3, 0.4) is 0 Å². The van der Waals surface area contributed by atoms with E-state index in [9.17, 15) is 4.79 Å². The van der Waals surface area contributed by atoms with Gasteiger partial charge >= 0.3 is 0 Å². The molecule has 0 aromatic heterocycles. The summed E-state index contributed by atoms with van der Waals surface area (Å²) in [5.74, 6) is 0.677. The van der Waals surface area contributed by atoms with Crippen molar-refractivity contribution in [1.29, 1.82) is 0 Å². The summed E-state index contributed by atoms with van der Waals surface area (Å²) < 4.78 is 6.36. The molecule has 1 unspecified atom stereocenters. The van der Waals surface area contributed by atoms with Gasteiger partial charge in [-0.05, 0) is 66.7 Å². The quantitative estimate of drug-likeness (QED) is 0.438. The number of benzene rings is 2. The average Bonchev–Trinajstić information content (AvgIpc) is 2.77. The van der Waals surface area contributed by atoms with Crippen LogP contribution < -0.4 is 10.1 Å². The number of carbonyl (C=O) groups is 1. The second-order valence-electron chi connectivity index (χ2n) is 9.60. The maximum Gasteiger partial charge on any atom is 0.265 e. The molecule has 2 rings (SSSR count). The number of rotatable bonds is 10. The van der Waals surface area contributed by atoms with E-state index in [1.807, 2.05) is 31.2 Å². The Kier molecular flexibility index (Phi) is 8.34. The largest absolute Gasteiger partial charge is 0.480 e. The van der Waals surface area contributed by atoms with Crippen LogP contribution in [-0.2, 0) is 22.0 Å². The summed E-state index contributed by atoms with van der Waals surface area (Å²) in [6, 6.07) is 14.3. The lowest BCUT2D eigenvalue weighted by Gasteiger charge is -2.31. The first-order valence-electron chi connectivity index (χ1n) is 11.6. The minimum Gasteiger partial charge on any atom is -0.480 e. The van der Waals surface area contributed by atoms with E-state index in [2.05, 4.69) is 72.0 Å². The molecule has 0 bridgehead atoms. The van der Waals surface area contributed by atoms with Crippen LogP contribution in [0.2, 0.25) is 0 Å². The van der Waals surface area contributed by atoms with E-state index < -0.39 is 6.10 Å². The number of ether oxygens (including phenoxy) is 1. The molecule has 0 aliphatic carbocycles. The van der Waals surface area contributed by atoms with Gasteiger partial charge in [-0.1, -0.05) is 78.8 Å². The van der Waals surface area contributed by atoms with Crippen molar-refractivity contribution in [1.82, 2.24) is 0 Å². The molecule has 0 heterocycles. The fourth-order valence-electron chi connectivity index (χ4n) is 3.53. The highest BCUT2D eigenvalue weighted by molar-refractivity contribution is 5.95. The van der Waals surface area contributed by atoms with E-state index >= 15 is 0 Å². The zero-order valence-electron chi connectivity index (χ0n) is 20.5. The summed E-state index contributed by atoms with van der Waals surface area (Å²) in [6.45, 7) is 19.4. The first kappa shape index (κ1) is 25.0. The predicted molar refractivity (Wildman–Crippen MR) is 132 cm³/mol. The Morgan fingerprint density at radius 3 is 2.23 bits per heavy atom. The second-order valence-corrected chi connectivity index (χ2v) is 9.60. The van der Waals surface area contributed by atoms with Crippen LogP contribution in [0.1, 0.15) is 84.4 Å². The van der Waals surface area contributed by atoms with Crippen molar-refractivity contribution in [2.75, 3.05) is 5.32 Å². The van der Waals surface area contributed by atoms with Crippen molar-refractivity contribution in [3.05, 3.63) is 66.1 Å². The van der Waals surface area contributed by atoms with E-state index in [1.54, 1.807) is 0 Å². The molecular weight excluding hydrogens is 382 g/mol. The fourth-order valence-corrected chi connectivity index (χ4v) is 3.53. The van der Waals surface area contributed by atoms with Gasteiger partial charge in [0.1, 0.15) is 5.75 Å². The molecule has 1 atom stereocenters. The van der Waals surface area contributed by atoms with Crippen molar-refractivity contribution in [3.63, 3.8) is 0 Å². The molecule has 0 saturated carbocycles. The van der Waals surface area contributed by atoms with Gasteiger partial charge in [0.05, 0.1) is 0 Å². The minimum atomic E-state index is -0.561. The monoisotopic (exact) mass is 422 g/mol. The van der Waals surface area contributed by atoms with Crippen molar-refractivity contribution in [2.45, 2.75) is 91.1 Å². The second kappa shape index (κ2) is 10.3. The lowest BCUT2D eigenvalue weighted by molar-refractivity contribution is -0.122. The summed E-state index contributed by atoms with van der Waals surface area (Å²) in [7, 11) is 0. The zero-order chi connectivity index (χ0) is 23.2. The normalized spacial score (nSPS) is 13.0. The Bertz CT molecular complexity index is 882. The smallest absolute Gasteiger partial charge is 0.265 e. The predicted octanol–water partition coefficient (Wildman–Crippen LogP) is 7.23. The molecular formula is C28H40NO2. The van der Waals surface area contributed by atoms with E-state index in [1.165, 1.54) is 11.1 Å². The molecule has 0 aliphatic heterocycles. The lowest BCUT2D eigenvalue weighted by atomic mass is 9.76. The van der Waals surface area contributed by atoms with Crippen LogP contribution in [0.5, 0.6) is 5.75 Å². The Hall–Kier alpha value is -2.29. The van der Waals surface area contributed by atoms with Gasteiger partial charge in [0.25, 0.3) is 5.91 Å². The van der Waals surface area contributed by atoms with Crippen LogP contribution in [0.25, 0.3) is 0 Å². The molecule has 0 fully saturated rings. The van der Waals surface area contributed by atoms with Crippen LogP contribution >= 0.6 is 0 Å². The van der Waals surface area contributed by atoms with Crippen molar-refractivity contribution in [3.8, 4) is 5.75 Å². The van der Waals surface area contributed by atoms with Gasteiger partial charge in [-0.3, -0.25) is 4.79 Å². The van der Waals surface area contributed by atoms with Crippen LogP contribution in [0.15, 0.2) is 42.5 Å². The highest BCUT2D eigenvalue weighted by Gasteiger charge is 2.29. The van der Waals surface area contributed by atoms with Crippen LogP contribution in [-0.4, -0.2) is 12.0 Å². The summed E-state index contributed by atoms with van der Waals surface area (Å²) in [5.41, 5.74) is 4.34. The molecule has 0 aliphatic rings. The van der Waals surface area contributed by atoms with Crippen molar-refractivity contribution in [2.24, 2.45) is 0 Å². The van der Waals surface area contributed by atoms with Gasteiger partial charge in [0.2, 0.25) is 0 Å². The highest BCUT2D eigenvalue weighted by Crippen LogP contribution is 2.39. The first-order valence-corrected chi connectivity index (χ1v) is 11.6.